The molecular weight excluding hydrogens is 565 g/mol. The van der Waals surface area contributed by atoms with Crippen LogP contribution in [0.2, 0.25) is 10.0 Å². The summed E-state index contributed by atoms with van der Waals surface area (Å²) in [4.78, 5) is 26.6. The molecule has 0 fully saturated rings. The van der Waals surface area contributed by atoms with Gasteiger partial charge in [0.25, 0.3) is 5.95 Å². The first-order valence-corrected chi connectivity index (χ1v) is 12.4. The number of rotatable bonds is 6. The van der Waals surface area contributed by atoms with Gasteiger partial charge in [-0.1, -0.05) is 47.5 Å². The Morgan fingerprint density at radius 2 is 1.73 bits per heavy atom. The van der Waals surface area contributed by atoms with Crippen molar-refractivity contribution in [2.45, 2.75) is 13.0 Å². The number of ether oxygens (including phenoxy) is 1. The van der Waals surface area contributed by atoms with Crippen molar-refractivity contribution in [3.8, 4) is 5.95 Å². The second-order valence-corrected chi connectivity index (χ2v) is 9.36. The highest BCUT2D eigenvalue weighted by Gasteiger charge is 2.27. The molecule has 10 nitrogen and oxygen atoms in total. The first-order chi connectivity index (χ1) is 19.2. The van der Waals surface area contributed by atoms with Crippen molar-refractivity contribution in [2.24, 2.45) is 0 Å². The average Bonchev–Trinajstić information content (AvgIpc) is 3.27. The molecule has 3 aromatic heterocycles. The van der Waals surface area contributed by atoms with Crippen LogP contribution in [0.1, 0.15) is 16.8 Å². The van der Waals surface area contributed by atoms with Crippen molar-refractivity contribution in [2.75, 3.05) is 23.5 Å². The molecule has 5 aromatic rings. The maximum atomic E-state index is 14.4. The monoisotopic (exact) mass is 584 g/mol. The first kappa shape index (κ1) is 27.0. The normalized spacial score (nSPS) is 11.1. The molecule has 0 radical (unpaired) electrons. The summed E-state index contributed by atoms with van der Waals surface area (Å²) in [6.07, 6.45) is 0.265. The van der Waals surface area contributed by atoms with Gasteiger partial charge in [-0.3, -0.25) is 4.90 Å². The van der Waals surface area contributed by atoms with E-state index in [0.29, 0.717) is 32.4 Å². The summed E-state index contributed by atoms with van der Waals surface area (Å²) in [5, 5.41) is 5.08. The van der Waals surface area contributed by atoms with Crippen molar-refractivity contribution in [1.82, 2.24) is 24.7 Å². The molecule has 40 heavy (non-hydrogen) atoms. The number of nitrogens with zero attached hydrogens (tertiary/aromatic N) is 6. The van der Waals surface area contributed by atoms with E-state index in [9.17, 15) is 13.6 Å². The number of pyridine rings is 1. The zero-order valence-corrected chi connectivity index (χ0v) is 22.3. The minimum atomic E-state index is -0.825. The fourth-order valence-electron chi connectivity index (χ4n) is 4.16. The molecule has 0 aliphatic carbocycles. The first-order valence-electron chi connectivity index (χ1n) is 11.7. The number of amides is 1. The Balaban J connectivity index is 1.61. The van der Waals surface area contributed by atoms with E-state index >= 15 is 0 Å². The van der Waals surface area contributed by atoms with E-state index < -0.39 is 17.7 Å². The second-order valence-electron chi connectivity index (χ2n) is 8.55. The molecule has 1 amide bonds. The van der Waals surface area contributed by atoms with Crippen molar-refractivity contribution in [3.63, 3.8) is 0 Å². The van der Waals surface area contributed by atoms with Gasteiger partial charge in [-0.05, 0) is 23.8 Å². The third-order valence-corrected chi connectivity index (χ3v) is 6.74. The molecule has 0 saturated carbocycles. The van der Waals surface area contributed by atoms with Gasteiger partial charge in [0.1, 0.15) is 22.8 Å². The Hall–Kier alpha value is -4.55. The Bertz CT molecular complexity index is 1720. The summed E-state index contributed by atoms with van der Waals surface area (Å²) in [5.74, 6) is -1.61. The van der Waals surface area contributed by atoms with E-state index in [4.69, 9.17) is 39.4 Å². The number of anilines is 3. The third-order valence-electron chi connectivity index (χ3n) is 6.03. The van der Waals surface area contributed by atoms with Crippen LogP contribution < -0.4 is 16.4 Å². The van der Waals surface area contributed by atoms with Crippen LogP contribution in [0.15, 0.2) is 54.7 Å². The smallest absolute Gasteiger partial charge is 0.414 e. The van der Waals surface area contributed by atoms with Crippen LogP contribution >= 0.6 is 23.2 Å². The molecular formula is C26H20Cl2F2N8O2. The minimum Gasteiger partial charge on any atom is -0.452 e. The maximum absolute atomic E-state index is 14.4. The van der Waals surface area contributed by atoms with Gasteiger partial charge in [0.05, 0.1) is 31.1 Å². The zero-order chi connectivity index (χ0) is 28.6. The number of hydrogen-bond donors (Lipinski definition) is 2. The lowest BCUT2D eigenvalue weighted by molar-refractivity contribution is 0.178. The summed E-state index contributed by atoms with van der Waals surface area (Å²) in [5.41, 5.74) is 14.1. The molecule has 0 aliphatic heterocycles. The number of halogens is 4. The number of benzene rings is 2. The zero-order valence-electron chi connectivity index (χ0n) is 20.8. The highest BCUT2D eigenvalue weighted by atomic mass is 35.5. The molecule has 0 spiro atoms. The van der Waals surface area contributed by atoms with E-state index in [0.717, 1.165) is 11.1 Å². The molecule has 0 unspecified atom stereocenters. The Kier molecular flexibility index (Phi) is 7.37. The molecule has 14 heteroatoms. The minimum absolute atomic E-state index is 0.0565. The third kappa shape index (κ3) is 5.06. The number of methoxy groups -OCH3 is 1. The predicted octanol–water partition coefficient (Wildman–Crippen LogP) is 5.32. The molecule has 0 bridgehead atoms. The molecule has 5 rings (SSSR count). The Labute approximate surface area is 236 Å². The van der Waals surface area contributed by atoms with Crippen molar-refractivity contribution < 1.29 is 18.3 Å². The largest absolute Gasteiger partial charge is 0.452 e. The number of nitrogens with two attached hydrogens (primary N) is 2. The van der Waals surface area contributed by atoms with Gasteiger partial charge in [-0.15, -0.1) is 0 Å². The average molecular weight is 585 g/mol. The summed E-state index contributed by atoms with van der Waals surface area (Å²) in [7, 11) is 1.18. The van der Waals surface area contributed by atoms with E-state index in [1.807, 2.05) is 0 Å². The number of nitrogen functional groups attached to an aromatic ring is 2. The van der Waals surface area contributed by atoms with Gasteiger partial charge in [-0.25, -0.2) is 18.6 Å². The maximum Gasteiger partial charge on any atom is 0.414 e. The highest BCUT2D eigenvalue weighted by Crippen LogP contribution is 2.34. The summed E-state index contributed by atoms with van der Waals surface area (Å²) in [6.45, 7) is -0.158. The molecule has 0 saturated heterocycles. The fraction of sp³-hybridized carbons (Fsp3) is 0.115. The summed E-state index contributed by atoms with van der Waals surface area (Å²) in [6, 6.07) is 12.3. The van der Waals surface area contributed by atoms with Crippen LogP contribution in [0, 0.1) is 11.6 Å². The van der Waals surface area contributed by atoms with E-state index in [1.165, 1.54) is 23.9 Å². The lowest BCUT2D eigenvalue weighted by atomic mass is 10.1. The quantitative estimate of drug-likeness (QED) is 0.273. The van der Waals surface area contributed by atoms with Crippen LogP contribution in [0.5, 0.6) is 0 Å². The number of aromatic nitrogens is 5. The predicted molar refractivity (Wildman–Crippen MR) is 147 cm³/mol. The van der Waals surface area contributed by atoms with Gasteiger partial charge in [-0.2, -0.15) is 19.7 Å². The van der Waals surface area contributed by atoms with Gasteiger partial charge >= 0.3 is 6.09 Å². The lowest BCUT2D eigenvalue weighted by Crippen LogP contribution is -2.32. The van der Waals surface area contributed by atoms with E-state index in [-0.39, 0.29) is 41.8 Å². The van der Waals surface area contributed by atoms with Crippen LogP contribution in [-0.2, 0) is 17.7 Å². The van der Waals surface area contributed by atoms with Gasteiger partial charge in [0, 0.05) is 28.1 Å². The summed E-state index contributed by atoms with van der Waals surface area (Å²) < 4.78 is 34.7. The molecule has 4 N–H and O–H groups in total. The van der Waals surface area contributed by atoms with Crippen LogP contribution in [0.25, 0.3) is 17.0 Å². The number of carbonyl (C=O) groups is 1. The van der Waals surface area contributed by atoms with Crippen molar-refractivity contribution >= 4 is 57.7 Å². The SMILES string of the molecule is COC(=O)N(Cc1c(Cl)cccc1Cl)c1c(N)nc(-n2nc(Cc3ccccc3F)c3ncc(F)cc32)nc1N. The fourth-order valence-corrected chi connectivity index (χ4v) is 4.68. The second kappa shape index (κ2) is 10.9. The molecule has 0 atom stereocenters. The van der Waals surface area contributed by atoms with Crippen LogP contribution in [0.4, 0.5) is 30.9 Å². The standard InChI is InChI=1S/C26H20Cl2F2N8O2/c1-40-26(39)37(12-15-16(27)6-4-7-17(15)28)22-23(31)34-25(35-24(22)32)38-20-10-14(29)11-33-21(20)19(36-38)9-13-5-2-3-8-18(13)30/h2-8,10-11H,9,12H2,1H3,(H4,31,32,34,35). The Morgan fingerprint density at radius 3 is 2.38 bits per heavy atom. The topological polar surface area (TPSA) is 138 Å². The summed E-state index contributed by atoms with van der Waals surface area (Å²) >= 11 is 12.6. The van der Waals surface area contributed by atoms with Crippen molar-refractivity contribution in [1.29, 1.82) is 0 Å². The number of hydrogen-bond acceptors (Lipinski definition) is 8. The number of carbonyl (C=O) groups excluding carboxylic acids is 1. The molecule has 0 aliphatic rings. The highest BCUT2D eigenvalue weighted by molar-refractivity contribution is 6.36. The van der Waals surface area contributed by atoms with E-state index in [1.54, 1.807) is 36.4 Å². The Morgan fingerprint density at radius 1 is 1.05 bits per heavy atom. The van der Waals surface area contributed by atoms with Gasteiger partial charge in [0.15, 0.2) is 11.6 Å². The van der Waals surface area contributed by atoms with Gasteiger partial charge < -0.3 is 16.2 Å². The van der Waals surface area contributed by atoms with Crippen molar-refractivity contribution in [3.05, 3.63) is 93.2 Å². The van der Waals surface area contributed by atoms with Crippen LogP contribution in [0.3, 0.4) is 0 Å². The molecule has 2 aromatic carbocycles. The van der Waals surface area contributed by atoms with E-state index in [2.05, 4.69) is 20.1 Å². The number of fused-ring (bicyclic) bond motifs is 1. The lowest BCUT2D eigenvalue weighted by Gasteiger charge is -2.24. The van der Waals surface area contributed by atoms with Gasteiger partial charge in [0.2, 0.25) is 0 Å². The van der Waals surface area contributed by atoms with Crippen LogP contribution in [-0.4, -0.2) is 37.9 Å². The molecule has 204 valence electrons. The molecule has 3 heterocycles.